The smallest absolute Gasteiger partial charge is 0.246 e. The summed E-state index contributed by atoms with van der Waals surface area (Å²) in [6.45, 7) is 4.32. The summed E-state index contributed by atoms with van der Waals surface area (Å²) in [5, 5.41) is 23.0. The van der Waals surface area contributed by atoms with Crippen LogP contribution in [0.2, 0.25) is 0 Å². The van der Waals surface area contributed by atoms with Crippen LogP contribution in [-0.2, 0) is 15.1 Å². The predicted octanol–water partition coefficient (Wildman–Crippen LogP) is 2.76. The molecule has 2 aromatic carbocycles. The molecular weight excluding hydrogens is 470 g/mol. The maximum absolute atomic E-state index is 12.4. The number of nitrogens with one attached hydrogen (secondary N) is 1. The molecule has 3 heterocycles. The minimum absolute atomic E-state index is 0.0457. The zero-order chi connectivity index (χ0) is 25.7. The number of benzene rings is 2. The Bertz CT molecular complexity index is 1190. The van der Waals surface area contributed by atoms with Crippen molar-refractivity contribution in [2.24, 2.45) is 0 Å². The first-order chi connectivity index (χ1) is 18.0. The van der Waals surface area contributed by atoms with Gasteiger partial charge in [-0.25, -0.2) is 0 Å². The second kappa shape index (κ2) is 11.5. The highest BCUT2D eigenvalue weighted by atomic mass is 16.5. The van der Waals surface area contributed by atoms with E-state index in [0.29, 0.717) is 64.5 Å². The molecule has 8 nitrogen and oxygen atoms in total. The van der Waals surface area contributed by atoms with E-state index in [-0.39, 0.29) is 12.5 Å². The highest BCUT2D eigenvalue weighted by Crippen LogP contribution is 2.34. The van der Waals surface area contributed by atoms with Crippen LogP contribution in [0.25, 0.3) is 17.0 Å². The molecule has 3 N–H and O–H groups in total. The van der Waals surface area contributed by atoms with Gasteiger partial charge >= 0.3 is 0 Å². The van der Waals surface area contributed by atoms with E-state index in [1.807, 2.05) is 54.6 Å². The number of H-pyrrole nitrogens is 1. The van der Waals surface area contributed by atoms with Crippen LogP contribution >= 0.6 is 0 Å². The molecule has 196 valence electrons. The van der Waals surface area contributed by atoms with E-state index in [1.165, 1.54) is 0 Å². The summed E-state index contributed by atoms with van der Waals surface area (Å²) in [5.41, 5.74) is 1.79. The fourth-order valence-electron chi connectivity index (χ4n) is 5.04. The van der Waals surface area contributed by atoms with Crippen molar-refractivity contribution in [3.05, 3.63) is 71.9 Å². The van der Waals surface area contributed by atoms with Crippen molar-refractivity contribution in [2.45, 2.75) is 24.5 Å². The summed E-state index contributed by atoms with van der Waals surface area (Å²) in [5.74, 6) is 0.579. The molecule has 1 atom stereocenters. The number of para-hydroxylation sites is 2. The number of amides is 1. The van der Waals surface area contributed by atoms with E-state index < -0.39 is 11.7 Å². The molecule has 8 heteroatoms. The van der Waals surface area contributed by atoms with E-state index in [2.05, 4.69) is 9.88 Å². The Labute approximate surface area is 217 Å². The van der Waals surface area contributed by atoms with E-state index in [9.17, 15) is 15.0 Å². The quantitative estimate of drug-likeness (QED) is 0.408. The second-order valence-electron chi connectivity index (χ2n) is 9.88. The van der Waals surface area contributed by atoms with Crippen molar-refractivity contribution >= 4 is 22.9 Å². The van der Waals surface area contributed by atoms with Crippen molar-refractivity contribution in [1.29, 1.82) is 0 Å². The number of aliphatic hydroxyl groups excluding tert-OH is 1. The number of aliphatic hydroxyl groups is 2. The summed E-state index contributed by atoms with van der Waals surface area (Å²) in [6, 6.07) is 17.6. The zero-order valence-electron chi connectivity index (χ0n) is 21.0. The lowest BCUT2D eigenvalue weighted by atomic mass is 9.88. The molecule has 2 fully saturated rings. The number of aromatic nitrogens is 1. The van der Waals surface area contributed by atoms with Gasteiger partial charge in [0.2, 0.25) is 5.91 Å². The largest absolute Gasteiger partial charge is 0.490 e. The molecule has 0 aliphatic carbocycles. The minimum Gasteiger partial charge on any atom is -0.490 e. The number of likely N-dealkylation sites (tertiary alicyclic amines) is 1. The highest BCUT2D eigenvalue weighted by Gasteiger charge is 2.35. The summed E-state index contributed by atoms with van der Waals surface area (Å²) in [7, 11) is 0. The first kappa shape index (κ1) is 25.5. The predicted molar refractivity (Wildman–Crippen MR) is 142 cm³/mol. The van der Waals surface area contributed by atoms with Gasteiger partial charge in [-0.2, -0.15) is 0 Å². The van der Waals surface area contributed by atoms with E-state index >= 15 is 0 Å². The molecule has 0 saturated carbocycles. The van der Waals surface area contributed by atoms with Gasteiger partial charge in [0.15, 0.2) is 0 Å². The third kappa shape index (κ3) is 6.22. The number of rotatable bonds is 8. The van der Waals surface area contributed by atoms with Crippen LogP contribution in [0.1, 0.15) is 24.1 Å². The number of hydrogen-bond donors (Lipinski definition) is 3. The number of piperidine rings is 1. The third-order valence-electron chi connectivity index (χ3n) is 7.26. The number of morpholine rings is 1. The van der Waals surface area contributed by atoms with Gasteiger partial charge in [-0.1, -0.05) is 36.4 Å². The van der Waals surface area contributed by atoms with Crippen LogP contribution in [0.4, 0.5) is 0 Å². The van der Waals surface area contributed by atoms with E-state index in [0.717, 1.165) is 22.2 Å². The summed E-state index contributed by atoms with van der Waals surface area (Å²) in [6.07, 6.45) is 3.84. The van der Waals surface area contributed by atoms with E-state index in [1.54, 1.807) is 17.1 Å². The number of hydrogen-bond acceptors (Lipinski definition) is 6. The fraction of sp³-hybridized carbons (Fsp3) is 0.414. The SMILES string of the molecule is O=C(C=Cc1ccccc1OCC(O)CN1CCC(O)(c2cc3ccccc3[nH]2)CC1)N1CCOCC1. The van der Waals surface area contributed by atoms with Crippen molar-refractivity contribution in [3.8, 4) is 5.75 Å². The number of carbonyl (C=O) groups is 1. The molecule has 37 heavy (non-hydrogen) atoms. The molecule has 2 saturated heterocycles. The molecule has 1 amide bonds. The standard InChI is InChI=1S/C29H35N3O5/c33-24(20-31-13-11-29(35,12-14-31)27-19-23-6-1-3-7-25(23)30-27)21-37-26-8-4-2-5-22(26)9-10-28(34)32-15-17-36-18-16-32/h1-10,19,24,30,33,35H,11-18,20-21H2. The lowest BCUT2D eigenvalue weighted by Gasteiger charge is -2.38. The van der Waals surface area contributed by atoms with Crippen molar-refractivity contribution in [1.82, 2.24) is 14.8 Å². The monoisotopic (exact) mass is 505 g/mol. The number of aromatic amines is 1. The average molecular weight is 506 g/mol. The van der Waals surface area contributed by atoms with Gasteiger partial charge in [0, 0.05) is 55.6 Å². The maximum Gasteiger partial charge on any atom is 0.246 e. The van der Waals surface area contributed by atoms with E-state index in [4.69, 9.17) is 9.47 Å². The van der Waals surface area contributed by atoms with Crippen LogP contribution < -0.4 is 4.74 Å². The Hall–Kier alpha value is -3.17. The Kier molecular flexibility index (Phi) is 7.90. The highest BCUT2D eigenvalue weighted by molar-refractivity contribution is 5.92. The normalized spacial score (nSPS) is 19.4. The number of carbonyl (C=O) groups excluding carboxylic acids is 1. The number of fused-ring (bicyclic) bond motifs is 1. The molecule has 2 aliphatic rings. The Morgan fingerprint density at radius 3 is 2.59 bits per heavy atom. The first-order valence-corrected chi connectivity index (χ1v) is 13.0. The molecule has 3 aromatic rings. The van der Waals surface area contributed by atoms with Crippen LogP contribution in [-0.4, -0.2) is 89.6 Å². The van der Waals surface area contributed by atoms with Gasteiger partial charge in [0.05, 0.1) is 13.2 Å². The second-order valence-corrected chi connectivity index (χ2v) is 9.88. The van der Waals surface area contributed by atoms with Gasteiger partial charge < -0.3 is 34.5 Å². The lowest BCUT2D eigenvalue weighted by molar-refractivity contribution is -0.129. The Balaban J connectivity index is 1.11. The fourth-order valence-corrected chi connectivity index (χ4v) is 5.04. The van der Waals surface area contributed by atoms with Crippen LogP contribution in [0, 0.1) is 0 Å². The molecule has 0 radical (unpaired) electrons. The Morgan fingerprint density at radius 1 is 1.08 bits per heavy atom. The van der Waals surface area contributed by atoms with Gasteiger partial charge in [0.1, 0.15) is 24.1 Å². The minimum atomic E-state index is -0.888. The van der Waals surface area contributed by atoms with Crippen molar-refractivity contribution < 1.29 is 24.5 Å². The topological polar surface area (TPSA) is 98.3 Å². The number of ether oxygens (including phenoxy) is 2. The zero-order valence-corrected chi connectivity index (χ0v) is 21.0. The van der Waals surface area contributed by atoms with Crippen molar-refractivity contribution in [3.63, 3.8) is 0 Å². The van der Waals surface area contributed by atoms with Gasteiger partial charge in [0.25, 0.3) is 0 Å². The molecule has 0 spiro atoms. The Morgan fingerprint density at radius 2 is 1.81 bits per heavy atom. The van der Waals surface area contributed by atoms with Gasteiger partial charge in [-0.05, 0) is 42.5 Å². The molecule has 1 unspecified atom stereocenters. The summed E-state index contributed by atoms with van der Waals surface area (Å²) < 4.78 is 11.2. The van der Waals surface area contributed by atoms with Crippen LogP contribution in [0.3, 0.4) is 0 Å². The first-order valence-electron chi connectivity index (χ1n) is 13.0. The van der Waals surface area contributed by atoms with Gasteiger partial charge in [-0.15, -0.1) is 0 Å². The van der Waals surface area contributed by atoms with Crippen LogP contribution in [0.5, 0.6) is 5.75 Å². The summed E-state index contributed by atoms with van der Waals surface area (Å²) in [4.78, 5) is 19.7. The average Bonchev–Trinajstić information content (AvgIpc) is 3.38. The molecular formula is C29H35N3O5. The molecule has 0 bridgehead atoms. The van der Waals surface area contributed by atoms with Gasteiger partial charge in [-0.3, -0.25) is 4.79 Å². The maximum atomic E-state index is 12.4. The van der Waals surface area contributed by atoms with Crippen LogP contribution in [0.15, 0.2) is 60.7 Å². The molecule has 2 aliphatic heterocycles. The van der Waals surface area contributed by atoms with Crippen molar-refractivity contribution in [2.75, 3.05) is 52.5 Å². The lowest BCUT2D eigenvalue weighted by Crippen LogP contribution is -2.46. The third-order valence-corrected chi connectivity index (χ3v) is 7.26. The number of nitrogens with zero attached hydrogens (tertiary/aromatic N) is 2. The molecule has 5 rings (SSSR count). The molecule has 1 aromatic heterocycles. The number of β-amino-alcohol motifs (C(OH)–C–C–N with tert-alkyl or cyclic N) is 1. The summed E-state index contributed by atoms with van der Waals surface area (Å²) >= 11 is 0.